The highest BCUT2D eigenvalue weighted by molar-refractivity contribution is 7.93. The van der Waals surface area contributed by atoms with Gasteiger partial charge in [0.05, 0.1) is 5.69 Å². The molecule has 0 bridgehead atoms. The van der Waals surface area contributed by atoms with E-state index in [2.05, 4.69) is 14.7 Å². The third kappa shape index (κ3) is 5.44. The lowest BCUT2D eigenvalue weighted by atomic mass is 9.89. The van der Waals surface area contributed by atoms with Crippen LogP contribution in [0.15, 0.2) is 12.3 Å². The molecule has 1 aromatic heterocycles. The number of nitrogens with one attached hydrogen (secondary N) is 1. The molecular formula is C17H21F3N4O4S. The Labute approximate surface area is 167 Å². The van der Waals surface area contributed by atoms with Crippen molar-refractivity contribution in [3.8, 4) is 0 Å². The maximum atomic E-state index is 11.8. The third-order valence-corrected chi connectivity index (χ3v) is 6.06. The standard InChI is InChI=1S/C15H20N4O2S.C2HF3O2/c20-14-6-15(22(21)17-14)19-9-12-8-18(10-13(12)16-19)7-11-4-2-1-3-5-11;3-2(4,5)1(6)7/h6,9,11H,1-5,7-8,10H2,(H,17,20);(H,6,7). The van der Waals surface area contributed by atoms with E-state index in [1.807, 2.05) is 6.20 Å². The van der Waals surface area contributed by atoms with E-state index in [-0.39, 0.29) is 5.91 Å². The van der Waals surface area contributed by atoms with Gasteiger partial charge in [-0.2, -0.15) is 18.3 Å². The fourth-order valence-corrected chi connectivity index (χ4v) is 4.51. The van der Waals surface area contributed by atoms with Crippen molar-refractivity contribution in [1.29, 1.82) is 0 Å². The normalized spacial score (nSPS) is 22.5. The van der Waals surface area contributed by atoms with Gasteiger partial charge in [0.2, 0.25) is 0 Å². The van der Waals surface area contributed by atoms with Crippen LogP contribution < -0.4 is 4.72 Å². The molecule has 8 nitrogen and oxygen atoms in total. The van der Waals surface area contributed by atoms with Crippen LogP contribution in [0, 0.1) is 5.92 Å². The minimum Gasteiger partial charge on any atom is -0.475 e. The summed E-state index contributed by atoms with van der Waals surface area (Å²) in [5.41, 5.74) is 2.24. The van der Waals surface area contributed by atoms with Crippen LogP contribution in [0.2, 0.25) is 0 Å². The monoisotopic (exact) mass is 434 g/mol. The molecule has 0 saturated heterocycles. The van der Waals surface area contributed by atoms with Crippen LogP contribution in [0.4, 0.5) is 13.2 Å². The van der Waals surface area contributed by atoms with E-state index in [1.165, 1.54) is 43.7 Å². The van der Waals surface area contributed by atoms with Gasteiger partial charge in [0, 0.05) is 37.5 Å². The Balaban J connectivity index is 0.000000298. The molecule has 160 valence electrons. The summed E-state index contributed by atoms with van der Waals surface area (Å²) < 4.78 is 47.5. The van der Waals surface area contributed by atoms with E-state index in [4.69, 9.17) is 9.90 Å². The van der Waals surface area contributed by atoms with Gasteiger partial charge in [-0.05, 0) is 18.8 Å². The van der Waals surface area contributed by atoms with Crippen LogP contribution in [-0.4, -0.2) is 48.6 Å². The number of aliphatic carboxylic acids is 1. The van der Waals surface area contributed by atoms with Crippen molar-refractivity contribution in [3.05, 3.63) is 23.5 Å². The highest BCUT2D eigenvalue weighted by atomic mass is 32.2. The second-order valence-electron chi connectivity index (χ2n) is 7.24. The molecule has 1 atom stereocenters. The van der Waals surface area contributed by atoms with Gasteiger partial charge >= 0.3 is 12.1 Å². The molecule has 0 radical (unpaired) electrons. The lowest BCUT2D eigenvalue weighted by Crippen LogP contribution is -2.26. The smallest absolute Gasteiger partial charge is 0.475 e. The Kier molecular flexibility index (Phi) is 6.42. The Hall–Kier alpha value is -2.21. The number of amides is 1. The van der Waals surface area contributed by atoms with Gasteiger partial charge in [0.25, 0.3) is 5.91 Å². The van der Waals surface area contributed by atoms with Crippen molar-refractivity contribution in [1.82, 2.24) is 19.4 Å². The summed E-state index contributed by atoms with van der Waals surface area (Å²) in [4.78, 5) is 22.6. The number of halogens is 3. The zero-order chi connectivity index (χ0) is 21.2. The second-order valence-corrected chi connectivity index (χ2v) is 8.40. The number of nitrogens with zero attached hydrogens (tertiary/aromatic N) is 3. The number of carbonyl (C=O) groups excluding carboxylic acids is 1. The minimum absolute atomic E-state index is 0.317. The number of aromatic nitrogens is 2. The van der Waals surface area contributed by atoms with Gasteiger partial charge in [0.15, 0.2) is 16.0 Å². The maximum absolute atomic E-state index is 11.8. The summed E-state index contributed by atoms with van der Waals surface area (Å²) >= 11 is 0. The highest BCUT2D eigenvalue weighted by Crippen LogP contribution is 2.29. The SMILES string of the molecule is O=C(O)C(F)(F)F.O=C1C=C(n2cc3c(n2)CN(CC2CCCCC2)C3)S(=O)N1. The number of carboxylic acid groups (broad SMARTS) is 1. The van der Waals surface area contributed by atoms with Crippen LogP contribution in [0.25, 0.3) is 5.03 Å². The Bertz CT molecular complexity index is 823. The Morgan fingerprint density at radius 2 is 1.93 bits per heavy atom. The molecule has 2 N–H and O–H groups in total. The summed E-state index contributed by atoms with van der Waals surface area (Å²) in [5, 5.41) is 12.1. The van der Waals surface area contributed by atoms with Crippen LogP contribution >= 0.6 is 0 Å². The van der Waals surface area contributed by atoms with E-state index in [1.54, 1.807) is 4.68 Å². The second kappa shape index (κ2) is 8.66. The lowest BCUT2D eigenvalue weighted by Gasteiger charge is -2.26. The summed E-state index contributed by atoms with van der Waals surface area (Å²) in [5.74, 6) is -2.24. The van der Waals surface area contributed by atoms with Crippen molar-refractivity contribution in [2.45, 2.75) is 51.4 Å². The fraction of sp³-hybridized carbons (Fsp3) is 0.588. The number of fused-ring (bicyclic) bond motifs is 1. The van der Waals surface area contributed by atoms with Gasteiger partial charge in [0.1, 0.15) is 0 Å². The molecule has 0 spiro atoms. The van der Waals surface area contributed by atoms with Gasteiger partial charge in [-0.15, -0.1) is 0 Å². The molecule has 1 saturated carbocycles. The number of alkyl halides is 3. The fourth-order valence-electron chi connectivity index (χ4n) is 3.69. The van der Waals surface area contributed by atoms with Gasteiger partial charge in [-0.1, -0.05) is 19.3 Å². The molecule has 1 unspecified atom stereocenters. The molecule has 2 aliphatic heterocycles. The van der Waals surface area contributed by atoms with E-state index in [0.717, 1.165) is 31.2 Å². The summed E-state index contributed by atoms with van der Waals surface area (Å²) in [6.07, 6.45) is 5.04. The molecule has 0 aromatic carbocycles. The summed E-state index contributed by atoms with van der Waals surface area (Å²) in [6, 6.07) is 0. The number of carbonyl (C=O) groups is 2. The highest BCUT2D eigenvalue weighted by Gasteiger charge is 2.38. The first-order chi connectivity index (χ1) is 13.6. The minimum atomic E-state index is -5.08. The zero-order valence-electron chi connectivity index (χ0n) is 15.4. The first-order valence-electron chi connectivity index (χ1n) is 9.18. The first-order valence-corrected chi connectivity index (χ1v) is 10.3. The molecule has 4 rings (SSSR count). The molecule has 29 heavy (non-hydrogen) atoms. The number of hydrogen-bond acceptors (Lipinski definition) is 5. The number of rotatable bonds is 3. The summed E-state index contributed by atoms with van der Waals surface area (Å²) in [6.45, 7) is 2.93. The molecule has 1 fully saturated rings. The summed E-state index contributed by atoms with van der Waals surface area (Å²) in [7, 11) is -1.48. The van der Waals surface area contributed by atoms with Crippen molar-refractivity contribution in [2.24, 2.45) is 5.92 Å². The molecular weight excluding hydrogens is 413 g/mol. The largest absolute Gasteiger partial charge is 0.490 e. The van der Waals surface area contributed by atoms with Crippen LogP contribution in [0.5, 0.6) is 0 Å². The molecule has 12 heteroatoms. The number of carboxylic acids is 1. The zero-order valence-corrected chi connectivity index (χ0v) is 16.3. The van der Waals surface area contributed by atoms with E-state index >= 15 is 0 Å². The topological polar surface area (TPSA) is 105 Å². The van der Waals surface area contributed by atoms with Crippen LogP contribution in [-0.2, 0) is 33.7 Å². The van der Waals surface area contributed by atoms with Crippen LogP contribution in [0.1, 0.15) is 43.4 Å². The van der Waals surface area contributed by atoms with Gasteiger partial charge in [-0.25, -0.2) is 13.7 Å². The van der Waals surface area contributed by atoms with Crippen molar-refractivity contribution in [2.75, 3.05) is 6.54 Å². The first kappa shape index (κ1) is 21.5. The molecule has 3 aliphatic rings. The van der Waals surface area contributed by atoms with Crippen molar-refractivity contribution < 1.29 is 32.1 Å². The molecule has 1 aromatic rings. The Morgan fingerprint density at radius 1 is 1.28 bits per heavy atom. The van der Waals surface area contributed by atoms with Crippen molar-refractivity contribution >= 4 is 27.9 Å². The van der Waals surface area contributed by atoms with E-state index in [0.29, 0.717) is 5.03 Å². The molecule has 1 aliphatic carbocycles. The van der Waals surface area contributed by atoms with E-state index in [9.17, 15) is 22.2 Å². The van der Waals surface area contributed by atoms with E-state index < -0.39 is 23.1 Å². The average Bonchev–Trinajstić information content (AvgIpc) is 3.28. The average molecular weight is 434 g/mol. The lowest BCUT2D eigenvalue weighted by molar-refractivity contribution is -0.192. The van der Waals surface area contributed by atoms with Crippen LogP contribution in [0.3, 0.4) is 0 Å². The maximum Gasteiger partial charge on any atom is 0.490 e. The predicted octanol–water partition coefficient (Wildman–Crippen LogP) is 2.00. The molecule has 1 amide bonds. The Morgan fingerprint density at radius 3 is 2.45 bits per heavy atom. The predicted molar refractivity (Wildman–Crippen MR) is 97.2 cm³/mol. The van der Waals surface area contributed by atoms with Gasteiger partial charge < -0.3 is 5.11 Å². The van der Waals surface area contributed by atoms with Gasteiger partial charge in [-0.3, -0.25) is 14.4 Å². The molecule has 3 heterocycles. The van der Waals surface area contributed by atoms with Crippen molar-refractivity contribution in [3.63, 3.8) is 0 Å². The number of hydrogen-bond donors (Lipinski definition) is 2. The quantitative estimate of drug-likeness (QED) is 0.754. The third-order valence-electron chi connectivity index (χ3n) is 4.99.